The van der Waals surface area contributed by atoms with Gasteiger partial charge < -0.3 is 0 Å². The van der Waals surface area contributed by atoms with Crippen LogP contribution in [0.4, 0.5) is 5.69 Å². The van der Waals surface area contributed by atoms with Crippen molar-refractivity contribution in [2.75, 3.05) is 0 Å². The van der Waals surface area contributed by atoms with Crippen molar-refractivity contribution in [1.29, 1.82) is 0 Å². The first-order valence-electron chi connectivity index (χ1n) is 5.78. The molecule has 0 saturated carbocycles. The Morgan fingerprint density at radius 1 is 1.10 bits per heavy atom. The minimum atomic E-state index is -0.449. The highest BCUT2D eigenvalue weighted by atomic mass is 127. The number of hydrogen-bond acceptors (Lipinski definition) is 6. The lowest BCUT2D eigenvalue weighted by Crippen LogP contribution is -2.01. The first-order valence-corrected chi connectivity index (χ1v) is 6.86. The van der Waals surface area contributed by atoms with Crippen LogP contribution < -0.4 is 0 Å². The minimum Gasteiger partial charge on any atom is -0.258 e. The lowest BCUT2D eigenvalue weighted by atomic mass is 10.2. The van der Waals surface area contributed by atoms with Crippen LogP contribution in [0.2, 0.25) is 0 Å². The van der Waals surface area contributed by atoms with Gasteiger partial charge in [-0.15, -0.1) is 5.10 Å². The molecule has 0 aliphatic heterocycles. The van der Waals surface area contributed by atoms with E-state index in [1.54, 1.807) is 24.5 Å². The van der Waals surface area contributed by atoms with Crippen LogP contribution in [0.15, 0.2) is 43.0 Å². The summed E-state index contributed by atoms with van der Waals surface area (Å²) in [5, 5.41) is 14.9. The first-order chi connectivity index (χ1) is 10.1. The highest BCUT2D eigenvalue weighted by Gasteiger charge is 2.09. The van der Waals surface area contributed by atoms with Crippen LogP contribution in [0.3, 0.4) is 0 Å². The van der Waals surface area contributed by atoms with Gasteiger partial charge in [0.2, 0.25) is 0 Å². The molecule has 2 heterocycles. The summed E-state index contributed by atoms with van der Waals surface area (Å²) in [5.41, 5.74) is 0.712. The van der Waals surface area contributed by atoms with Gasteiger partial charge in [0.1, 0.15) is 6.33 Å². The SMILES string of the molecule is O=[N+]([O-])c1ccc(-c2ncn(-c3ncc(I)cn3)n2)cc1. The second-order valence-electron chi connectivity index (χ2n) is 4.02. The van der Waals surface area contributed by atoms with Gasteiger partial charge in [0, 0.05) is 33.7 Å². The Labute approximate surface area is 132 Å². The Bertz CT molecular complexity index is 784. The number of halogens is 1. The summed E-state index contributed by atoms with van der Waals surface area (Å²) in [4.78, 5) is 22.6. The van der Waals surface area contributed by atoms with Gasteiger partial charge in [0.15, 0.2) is 5.82 Å². The Morgan fingerprint density at radius 3 is 2.38 bits per heavy atom. The summed E-state index contributed by atoms with van der Waals surface area (Å²) in [6.07, 6.45) is 4.85. The maximum atomic E-state index is 10.6. The number of nitro groups is 1. The van der Waals surface area contributed by atoms with E-state index in [0.29, 0.717) is 17.3 Å². The summed E-state index contributed by atoms with van der Waals surface area (Å²) in [7, 11) is 0. The molecular formula is C12H7IN6O2. The molecular weight excluding hydrogens is 387 g/mol. The maximum absolute atomic E-state index is 10.6. The van der Waals surface area contributed by atoms with E-state index in [4.69, 9.17) is 0 Å². The number of nitrogens with zero attached hydrogens (tertiary/aromatic N) is 6. The zero-order valence-electron chi connectivity index (χ0n) is 10.4. The average Bonchev–Trinajstić information content (AvgIpc) is 2.98. The fraction of sp³-hybridized carbons (Fsp3) is 0. The second-order valence-corrected chi connectivity index (χ2v) is 5.26. The van der Waals surface area contributed by atoms with E-state index in [1.165, 1.54) is 23.1 Å². The Hall–Kier alpha value is -2.43. The lowest BCUT2D eigenvalue weighted by molar-refractivity contribution is -0.384. The molecule has 1 aromatic carbocycles. The molecule has 3 rings (SSSR count). The van der Waals surface area contributed by atoms with Gasteiger partial charge in [-0.2, -0.15) is 4.68 Å². The van der Waals surface area contributed by atoms with E-state index in [1.807, 2.05) is 0 Å². The van der Waals surface area contributed by atoms with Crippen molar-refractivity contribution in [3.8, 4) is 17.3 Å². The molecule has 0 fully saturated rings. The third-order valence-corrected chi connectivity index (χ3v) is 3.20. The molecule has 0 atom stereocenters. The van der Waals surface area contributed by atoms with Gasteiger partial charge >= 0.3 is 0 Å². The quantitative estimate of drug-likeness (QED) is 0.384. The standard InChI is InChI=1S/C12H7IN6O2/c13-9-5-14-12(15-6-9)18-7-16-11(17-18)8-1-3-10(4-2-8)19(20)21/h1-7H. The monoisotopic (exact) mass is 394 g/mol. The van der Waals surface area contributed by atoms with Crippen LogP contribution in [0, 0.1) is 13.7 Å². The van der Waals surface area contributed by atoms with Gasteiger partial charge in [0.25, 0.3) is 11.6 Å². The van der Waals surface area contributed by atoms with E-state index >= 15 is 0 Å². The van der Waals surface area contributed by atoms with E-state index in [9.17, 15) is 10.1 Å². The molecule has 0 amide bonds. The van der Waals surface area contributed by atoms with Crippen molar-refractivity contribution in [1.82, 2.24) is 24.7 Å². The number of benzene rings is 1. The van der Waals surface area contributed by atoms with Crippen molar-refractivity contribution in [2.45, 2.75) is 0 Å². The maximum Gasteiger partial charge on any atom is 0.269 e. The van der Waals surface area contributed by atoms with Gasteiger partial charge in [-0.1, -0.05) is 0 Å². The summed E-state index contributed by atoms with van der Waals surface area (Å²) in [6.45, 7) is 0. The second kappa shape index (κ2) is 5.52. The molecule has 3 aromatic rings. The molecule has 0 radical (unpaired) electrons. The summed E-state index contributed by atoms with van der Waals surface area (Å²) >= 11 is 2.11. The zero-order chi connectivity index (χ0) is 14.8. The topological polar surface area (TPSA) is 99.6 Å². The van der Waals surface area contributed by atoms with Gasteiger partial charge in [-0.05, 0) is 34.7 Å². The molecule has 0 bridgehead atoms. The molecule has 0 unspecified atom stereocenters. The number of nitro benzene ring substituents is 1. The predicted molar refractivity (Wildman–Crippen MR) is 81.8 cm³/mol. The van der Waals surface area contributed by atoms with Crippen molar-refractivity contribution in [3.63, 3.8) is 0 Å². The molecule has 0 aliphatic carbocycles. The molecule has 21 heavy (non-hydrogen) atoms. The molecule has 9 heteroatoms. The third-order valence-electron chi connectivity index (χ3n) is 2.64. The lowest BCUT2D eigenvalue weighted by Gasteiger charge is -1.97. The normalized spacial score (nSPS) is 10.5. The van der Waals surface area contributed by atoms with Crippen LogP contribution >= 0.6 is 22.6 Å². The molecule has 0 N–H and O–H groups in total. The Balaban J connectivity index is 1.90. The molecule has 8 nitrogen and oxygen atoms in total. The molecule has 104 valence electrons. The van der Waals surface area contributed by atoms with Gasteiger partial charge in [-0.25, -0.2) is 15.0 Å². The molecule has 0 saturated heterocycles. The van der Waals surface area contributed by atoms with Crippen molar-refractivity contribution < 1.29 is 4.92 Å². The van der Waals surface area contributed by atoms with Crippen LogP contribution in [-0.4, -0.2) is 29.7 Å². The fourth-order valence-corrected chi connectivity index (χ4v) is 1.93. The largest absolute Gasteiger partial charge is 0.269 e. The first kappa shape index (κ1) is 13.5. The van der Waals surface area contributed by atoms with E-state index in [0.717, 1.165) is 3.57 Å². The zero-order valence-corrected chi connectivity index (χ0v) is 12.6. The molecule has 0 spiro atoms. The van der Waals surface area contributed by atoms with Crippen LogP contribution in [-0.2, 0) is 0 Å². The summed E-state index contributed by atoms with van der Waals surface area (Å²) in [5.74, 6) is 0.864. The summed E-state index contributed by atoms with van der Waals surface area (Å²) in [6, 6.07) is 6.04. The van der Waals surface area contributed by atoms with Crippen LogP contribution in [0.5, 0.6) is 0 Å². The Kier molecular flexibility index (Phi) is 3.56. The van der Waals surface area contributed by atoms with Gasteiger partial charge in [0.05, 0.1) is 4.92 Å². The predicted octanol–water partition coefficient (Wildman–Crippen LogP) is 2.24. The smallest absolute Gasteiger partial charge is 0.258 e. The average molecular weight is 394 g/mol. The number of hydrogen-bond donors (Lipinski definition) is 0. The number of aromatic nitrogens is 5. The minimum absolute atomic E-state index is 0.0270. The van der Waals surface area contributed by atoms with Crippen molar-refractivity contribution in [2.24, 2.45) is 0 Å². The molecule has 2 aromatic heterocycles. The highest BCUT2D eigenvalue weighted by molar-refractivity contribution is 14.1. The fourth-order valence-electron chi connectivity index (χ4n) is 1.65. The van der Waals surface area contributed by atoms with Crippen molar-refractivity contribution >= 4 is 28.3 Å². The third kappa shape index (κ3) is 2.86. The van der Waals surface area contributed by atoms with E-state index in [2.05, 4.69) is 42.6 Å². The Morgan fingerprint density at radius 2 is 1.76 bits per heavy atom. The summed E-state index contributed by atoms with van der Waals surface area (Å²) < 4.78 is 2.37. The molecule has 0 aliphatic rings. The van der Waals surface area contributed by atoms with Crippen LogP contribution in [0.1, 0.15) is 0 Å². The highest BCUT2D eigenvalue weighted by Crippen LogP contribution is 2.19. The number of rotatable bonds is 3. The van der Waals surface area contributed by atoms with E-state index < -0.39 is 4.92 Å². The van der Waals surface area contributed by atoms with E-state index in [-0.39, 0.29) is 5.69 Å². The number of non-ortho nitro benzene ring substituents is 1. The van der Waals surface area contributed by atoms with Crippen LogP contribution in [0.25, 0.3) is 17.3 Å². The van der Waals surface area contributed by atoms with Gasteiger partial charge in [-0.3, -0.25) is 10.1 Å². The van der Waals surface area contributed by atoms with Crippen molar-refractivity contribution in [3.05, 3.63) is 56.7 Å².